The number of methoxy groups -OCH3 is 1. The van der Waals surface area contributed by atoms with Gasteiger partial charge in [-0.3, -0.25) is 0 Å². The van der Waals surface area contributed by atoms with Crippen LogP contribution >= 0.6 is 0 Å². The molecular formula is C15H15NO2. The fourth-order valence-corrected chi connectivity index (χ4v) is 1.79. The van der Waals surface area contributed by atoms with Gasteiger partial charge in [-0.05, 0) is 47.4 Å². The van der Waals surface area contributed by atoms with Gasteiger partial charge in [-0.2, -0.15) is 0 Å². The highest BCUT2D eigenvalue weighted by molar-refractivity contribution is 5.53. The number of allylic oxidation sites excluding steroid dienone is 4. The average Bonchev–Trinajstić information content (AvgIpc) is 2.46. The minimum absolute atomic E-state index is 0.396. The molecule has 1 aromatic carbocycles. The van der Waals surface area contributed by atoms with Crippen molar-refractivity contribution in [3.05, 3.63) is 64.8 Å². The first-order valence-electron chi connectivity index (χ1n) is 5.86. The molecule has 0 saturated heterocycles. The molecule has 92 valence electrons. The van der Waals surface area contributed by atoms with E-state index in [1.807, 2.05) is 18.2 Å². The van der Waals surface area contributed by atoms with E-state index in [1.165, 1.54) is 0 Å². The molecule has 0 aromatic heterocycles. The summed E-state index contributed by atoms with van der Waals surface area (Å²) in [4.78, 5) is 10.3. The summed E-state index contributed by atoms with van der Waals surface area (Å²) in [5, 5.41) is 2.87. The Morgan fingerprint density at radius 3 is 2.67 bits per heavy atom. The van der Waals surface area contributed by atoms with Crippen LogP contribution in [0.3, 0.4) is 0 Å². The number of rotatable bonds is 4. The number of hydrogen-bond acceptors (Lipinski definition) is 3. The summed E-state index contributed by atoms with van der Waals surface area (Å²) in [6.45, 7) is 0. The van der Waals surface area contributed by atoms with Crippen LogP contribution in [-0.4, -0.2) is 7.11 Å². The van der Waals surface area contributed by atoms with Crippen LogP contribution in [0.15, 0.2) is 59.5 Å². The van der Waals surface area contributed by atoms with Gasteiger partial charge in [0.05, 0.1) is 7.11 Å². The van der Waals surface area contributed by atoms with Gasteiger partial charge in [0, 0.05) is 0 Å². The number of benzene rings is 1. The first-order valence-corrected chi connectivity index (χ1v) is 5.86. The van der Waals surface area contributed by atoms with Gasteiger partial charge >= 0.3 is 0 Å². The quantitative estimate of drug-likeness (QED) is 0.741. The molecule has 0 aliphatic heterocycles. The summed E-state index contributed by atoms with van der Waals surface area (Å²) in [6, 6.07) is 7.20. The summed E-state index contributed by atoms with van der Waals surface area (Å²) in [5.74, 6) is 1.31. The minimum atomic E-state index is 0.396. The van der Waals surface area contributed by atoms with Crippen molar-refractivity contribution in [1.82, 2.24) is 0 Å². The van der Waals surface area contributed by atoms with Crippen LogP contribution in [0, 0.1) is 10.8 Å². The lowest BCUT2D eigenvalue weighted by Crippen LogP contribution is -1.97. The fraction of sp³-hybridized carbons (Fsp3) is 0.200. The third-order valence-electron chi connectivity index (χ3n) is 2.87. The standard InChI is InChI=1S/C15H15NO2/c1-18-15-10-6-13(7-11-15)3-2-12-4-8-14(16-17)9-5-12/h2-6,8-11,13H,7H2,1H3/b3-2-. The first-order chi connectivity index (χ1) is 8.81. The number of hydrogen-bond donors (Lipinski definition) is 0. The number of nitrogens with zero attached hydrogens (tertiary/aromatic N) is 1. The molecule has 1 atom stereocenters. The molecule has 0 amide bonds. The van der Waals surface area contributed by atoms with E-state index in [0.717, 1.165) is 17.7 Å². The van der Waals surface area contributed by atoms with Crippen molar-refractivity contribution < 1.29 is 4.74 Å². The number of ether oxygens (including phenoxy) is 1. The third kappa shape index (κ3) is 3.17. The largest absolute Gasteiger partial charge is 0.497 e. The molecule has 1 aliphatic rings. The highest BCUT2D eigenvalue weighted by atomic mass is 16.5. The van der Waals surface area contributed by atoms with Crippen molar-refractivity contribution in [3.63, 3.8) is 0 Å². The molecule has 0 fully saturated rings. The van der Waals surface area contributed by atoms with E-state index in [1.54, 1.807) is 19.2 Å². The van der Waals surface area contributed by atoms with Crippen LogP contribution in [0.1, 0.15) is 12.0 Å². The van der Waals surface area contributed by atoms with Crippen molar-refractivity contribution in [2.45, 2.75) is 6.42 Å². The topological polar surface area (TPSA) is 38.7 Å². The average molecular weight is 241 g/mol. The maximum Gasteiger partial charge on any atom is 0.114 e. The fourth-order valence-electron chi connectivity index (χ4n) is 1.79. The lowest BCUT2D eigenvalue weighted by Gasteiger charge is -2.11. The van der Waals surface area contributed by atoms with Gasteiger partial charge in [0.2, 0.25) is 0 Å². The van der Waals surface area contributed by atoms with E-state index in [9.17, 15) is 4.91 Å². The van der Waals surface area contributed by atoms with Crippen molar-refractivity contribution in [1.29, 1.82) is 0 Å². The molecule has 0 heterocycles. The third-order valence-corrected chi connectivity index (χ3v) is 2.87. The van der Waals surface area contributed by atoms with Gasteiger partial charge in [-0.1, -0.05) is 30.4 Å². The summed E-state index contributed by atoms with van der Waals surface area (Å²) < 4.78 is 5.14. The zero-order chi connectivity index (χ0) is 12.8. The summed E-state index contributed by atoms with van der Waals surface area (Å²) in [7, 11) is 1.68. The summed E-state index contributed by atoms with van der Waals surface area (Å²) in [5.41, 5.74) is 1.52. The second kappa shape index (κ2) is 5.96. The molecule has 18 heavy (non-hydrogen) atoms. The maximum absolute atomic E-state index is 10.3. The van der Waals surface area contributed by atoms with Crippen molar-refractivity contribution in [3.8, 4) is 0 Å². The highest BCUT2D eigenvalue weighted by Crippen LogP contribution is 2.19. The SMILES string of the molecule is COC1=CCC(/C=C\c2ccc(N=O)cc2)C=C1. The van der Waals surface area contributed by atoms with Gasteiger partial charge in [-0.15, -0.1) is 4.91 Å². The Morgan fingerprint density at radius 2 is 2.11 bits per heavy atom. The molecule has 0 saturated carbocycles. The Morgan fingerprint density at radius 1 is 1.33 bits per heavy atom. The summed E-state index contributed by atoms with van der Waals surface area (Å²) >= 11 is 0. The Kier molecular flexibility index (Phi) is 4.07. The zero-order valence-electron chi connectivity index (χ0n) is 10.2. The number of nitroso groups, excluding NO2 is 1. The minimum Gasteiger partial charge on any atom is -0.497 e. The normalized spacial score (nSPS) is 18.7. The first kappa shape index (κ1) is 12.3. The highest BCUT2D eigenvalue weighted by Gasteiger charge is 2.05. The van der Waals surface area contributed by atoms with Crippen molar-refractivity contribution in [2.24, 2.45) is 11.1 Å². The van der Waals surface area contributed by atoms with Gasteiger partial charge in [-0.25, -0.2) is 0 Å². The van der Waals surface area contributed by atoms with E-state index in [0.29, 0.717) is 11.6 Å². The molecule has 0 spiro atoms. The van der Waals surface area contributed by atoms with Crippen LogP contribution in [0.25, 0.3) is 6.08 Å². The van der Waals surface area contributed by atoms with Crippen molar-refractivity contribution >= 4 is 11.8 Å². The van der Waals surface area contributed by atoms with Crippen LogP contribution < -0.4 is 0 Å². The molecular weight excluding hydrogens is 226 g/mol. The summed E-state index contributed by atoms with van der Waals surface area (Å²) in [6.07, 6.45) is 11.3. The molecule has 0 bridgehead atoms. The van der Waals surface area contributed by atoms with E-state index in [-0.39, 0.29) is 0 Å². The predicted octanol–water partition coefficient (Wildman–Crippen LogP) is 4.20. The van der Waals surface area contributed by atoms with Crippen LogP contribution in [-0.2, 0) is 4.74 Å². The maximum atomic E-state index is 10.3. The lowest BCUT2D eigenvalue weighted by atomic mass is 9.98. The molecule has 0 N–H and O–H groups in total. The lowest BCUT2D eigenvalue weighted by molar-refractivity contribution is 0.302. The monoisotopic (exact) mass is 241 g/mol. The van der Waals surface area contributed by atoms with Crippen LogP contribution in [0.4, 0.5) is 5.69 Å². The molecule has 1 aliphatic carbocycles. The Bertz CT molecular complexity index is 498. The Balaban J connectivity index is 1.97. The van der Waals surface area contributed by atoms with E-state index in [2.05, 4.69) is 29.5 Å². The molecule has 0 radical (unpaired) electrons. The van der Waals surface area contributed by atoms with E-state index >= 15 is 0 Å². The molecule has 3 nitrogen and oxygen atoms in total. The zero-order valence-corrected chi connectivity index (χ0v) is 10.2. The van der Waals surface area contributed by atoms with Gasteiger partial charge < -0.3 is 4.74 Å². The van der Waals surface area contributed by atoms with Crippen LogP contribution in [0.5, 0.6) is 0 Å². The molecule has 3 heteroatoms. The predicted molar refractivity (Wildman–Crippen MR) is 73.3 cm³/mol. The van der Waals surface area contributed by atoms with Crippen molar-refractivity contribution in [2.75, 3.05) is 7.11 Å². The molecule has 2 rings (SSSR count). The van der Waals surface area contributed by atoms with E-state index < -0.39 is 0 Å². The van der Waals surface area contributed by atoms with Crippen LogP contribution in [0.2, 0.25) is 0 Å². The van der Waals surface area contributed by atoms with Gasteiger partial charge in [0.25, 0.3) is 0 Å². The molecule has 1 unspecified atom stereocenters. The second-order valence-corrected chi connectivity index (χ2v) is 4.11. The second-order valence-electron chi connectivity index (χ2n) is 4.11. The smallest absolute Gasteiger partial charge is 0.114 e. The molecule has 1 aromatic rings. The Labute approximate surface area is 106 Å². The van der Waals surface area contributed by atoms with Gasteiger partial charge in [0.1, 0.15) is 11.4 Å². The van der Waals surface area contributed by atoms with Gasteiger partial charge in [0.15, 0.2) is 0 Å². The Hall–Kier alpha value is -2.16. The van der Waals surface area contributed by atoms with E-state index in [4.69, 9.17) is 4.74 Å².